The van der Waals surface area contributed by atoms with Crippen LogP contribution in [0.15, 0.2) is 0 Å². The van der Waals surface area contributed by atoms with Crippen molar-refractivity contribution in [2.45, 2.75) is 25.7 Å². The quantitative estimate of drug-likeness (QED) is 0.664. The minimum Gasteiger partial charge on any atom is -0.320 e. The second-order valence-electron chi connectivity index (χ2n) is 4.13. The van der Waals surface area contributed by atoms with E-state index < -0.39 is 0 Å². The Bertz CT molecular complexity index is 175. The van der Waals surface area contributed by atoms with Crippen molar-refractivity contribution in [3.05, 3.63) is 0 Å². The zero-order chi connectivity index (χ0) is 10.2. The fourth-order valence-corrected chi connectivity index (χ4v) is 2.07. The molecule has 1 aliphatic heterocycles. The number of hydrogen-bond donors (Lipinski definition) is 1. The van der Waals surface area contributed by atoms with Crippen LogP contribution in [0.2, 0.25) is 0 Å². The van der Waals surface area contributed by atoms with Crippen molar-refractivity contribution in [2.24, 2.45) is 5.92 Å². The van der Waals surface area contributed by atoms with Gasteiger partial charge in [-0.2, -0.15) is 0 Å². The molecule has 0 saturated carbocycles. The first-order valence-electron chi connectivity index (χ1n) is 5.67. The van der Waals surface area contributed by atoms with Crippen molar-refractivity contribution < 1.29 is 0 Å². The fourth-order valence-electron chi connectivity index (χ4n) is 2.07. The van der Waals surface area contributed by atoms with Gasteiger partial charge >= 0.3 is 0 Å². The molecule has 0 aromatic heterocycles. The van der Waals surface area contributed by atoms with E-state index in [1.807, 2.05) is 7.05 Å². The van der Waals surface area contributed by atoms with E-state index in [2.05, 4.69) is 16.1 Å². The van der Waals surface area contributed by atoms with Gasteiger partial charge in [-0.1, -0.05) is 0 Å². The summed E-state index contributed by atoms with van der Waals surface area (Å²) >= 11 is 0. The van der Waals surface area contributed by atoms with E-state index in [9.17, 15) is 0 Å². The van der Waals surface area contributed by atoms with Crippen LogP contribution >= 0.6 is 0 Å². The third-order valence-corrected chi connectivity index (χ3v) is 3.08. The molecule has 0 radical (unpaired) electrons. The summed E-state index contributed by atoms with van der Waals surface area (Å²) < 4.78 is 0. The number of nitrogens with zero attached hydrogens (tertiary/aromatic N) is 1. The van der Waals surface area contributed by atoms with E-state index in [1.54, 1.807) is 0 Å². The van der Waals surface area contributed by atoms with Crippen molar-refractivity contribution in [1.82, 2.24) is 10.2 Å². The molecule has 0 aromatic rings. The molecule has 1 heterocycles. The highest BCUT2D eigenvalue weighted by atomic mass is 15.1. The number of terminal acetylenes is 1. The highest BCUT2D eigenvalue weighted by Gasteiger charge is 2.17. The first kappa shape index (κ1) is 11.6. The van der Waals surface area contributed by atoms with Gasteiger partial charge < -0.3 is 10.2 Å². The van der Waals surface area contributed by atoms with Crippen LogP contribution in [0.4, 0.5) is 0 Å². The Morgan fingerprint density at radius 1 is 1.43 bits per heavy atom. The van der Waals surface area contributed by atoms with E-state index in [4.69, 9.17) is 6.42 Å². The second kappa shape index (κ2) is 6.86. The van der Waals surface area contributed by atoms with Gasteiger partial charge in [0.25, 0.3) is 0 Å². The number of hydrogen-bond acceptors (Lipinski definition) is 2. The molecule has 0 amide bonds. The standard InChI is InChI=1S/C12H22N2/c1-3-4-9-14-10-6-12(7-11-14)5-8-13-2/h1,12-13H,4-11H2,2H3. The number of nitrogens with one attached hydrogen (secondary N) is 1. The zero-order valence-electron chi connectivity index (χ0n) is 9.26. The highest BCUT2D eigenvalue weighted by Crippen LogP contribution is 2.19. The number of piperidine rings is 1. The van der Waals surface area contributed by atoms with Crippen molar-refractivity contribution in [2.75, 3.05) is 33.2 Å². The summed E-state index contributed by atoms with van der Waals surface area (Å²) in [6.45, 7) is 4.75. The van der Waals surface area contributed by atoms with E-state index in [0.29, 0.717) is 0 Å². The van der Waals surface area contributed by atoms with Gasteiger partial charge in [-0.25, -0.2) is 0 Å². The molecule has 2 heteroatoms. The smallest absolute Gasteiger partial charge is 0.0214 e. The fraction of sp³-hybridized carbons (Fsp3) is 0.833. The van der Waals surface area contributed by atoms with E-state index >= 15 is 0 Å². The zero-order valence-corrected chi connectivity index (χ0v) is 9.26. The maximum absolute atomic E-state index is 5.25. The predicted molar refractivity (Wildman–Crippen MR) is 61.2 cm³/mol. The average molecular weight is 194 g/mol. The van der Waals surface area contributed by atoms with Gasteiger partial charge in [-0.3, -0.25) is 0 Å². The van der Waals surface area contributed by atoms with Crippen molar-refractivity contribution >= 4 is 0 Å². The van der Waals surface area contributed by atoms with Crippen LogP contribution in [0.1, 0.15) is 25.7 Å². The van der Waals surface area contributed by atoms with Gasteiger partial charge in [-0.05, 0) is 51.9 Å². The van der Waals surface area contributed by atoms with Gasteiger partial charge in [0.05, 0.1) is 0 Å². The van der Waals surface area contributed by atoms with Gasteiger partial charge in [0.2, 0.25) is 0 Å². The van der Waals surface area contributed by atoms with Crippen LogP contribution < -0.4 is 5.32 Å². The van der Waals surface area contributed by atoms with Crippen LogP contribution in [0.25, 0.3) is 0 Å². The normalized spacial score (nSPS) is 19.4. The van der Waals surface area contributed by atoms with E-state index in [1.165, 1.54) is 32.4 Å². The lowest BCUT2D eigenvalue weighted by atomic mass is 9.93. The van der Waals surface area contributed by atoms with Gasteiger partial charge in [-0.15, -0.1) is 12.3 Å². The Morgan fingerprint density at radius 2 is 2.14 bits per heavy atom. The molecule has 1 N–H and O–H groups in total. The van der Waals surface area contributed by atoms with Crippen LogP contribution in [-0.4, -0.2) is 38.1 Å². The Hall–Kier alpha value is -0.520. The molecule has 0 spiro atoms. The molecule has 1 rings (SSSR count). The number of rotatable bonds is 5. The third-order valence-electron chi connectivity index (χ3n) is 3.08. The molecule has 1 aliphatic rings. The molecule has 0 unspecified atom stereocenters. The van der Waals surface area contributed by atoms with Gasteiger partial charge in [0.15, 0.2) is 0 Å². The maximum atomic E-state index is 5.25. The molecule has 0 aromatic carbocycles. The Balaban J connectivity index is 2.09. The molecule has 0 bridgehead atoms. The molecular formula is C12H22N2. The average Bonchev–Trinajstić information content (AvgIpc) is 2.25. The van der Waals surface area contributed by atoms with Crippen LogP contribution in [0.5, 0.6) is 0 Å². The van der Waals surface area contributed by atoms with Crippen molar-refractivity contribution in [1.29, 1.82) is 0 Å². The summed E-state index contributed by atoms with van der Waals surface area (Å²) in [4.78, 5) is 2.50. The minimum atomic E-state index is 0.904. The molecule has 80 valence electrons. The molecule has 2 nitrogen and oxygen atoms in total. The first-order valence-corrected chi connectivity index (χ1v) is 5.67. The Labute approximate surface area is 88.1 Å². The predicted octanol–water partition coefficient (Wildman–Crippen LogP) is 1.33. The van der Waals surface area contributed by atoms with Gasteiger partial charge in [0, 0.05) is 13.0 Å². The molecule has 14 heavy (non-hydrogen) atoms. The third kappa shape index (κ3) is 4.13. The van der Waals surface area contributed by atoms with Crippen LogP contribution in [0, 0.1) is 18.3 Å². The van der Waals surface area contributed by atoms with E-state index in [0.717, 1.165) is 25.4 Å². The lowest BCUT2D eigenvalue weighted by Gasteiger charge is -2.31. The summed E-state index contributed by atoms with van der Waals surface area (Å²) in [6, 6.07) is 0. The molecule has 1 fully saturated rings. The number of likely N-dealkylation sites (tertiary alicyclic amines) is 1. The minimum absolute atomic E-state index is 0.904. The monoisotopic (exact) mass is 194 g/mol. The summed E-state index contributed by atoms with van der Waals surface area (Å²) in [5, 5.41) is 3.22. The summed E-state index contributed by atoms with van der Waals surface area (Å²) in [6.07, 6.45) is 10.2. The van der Waals surface area contributed by atoms with Gasteiger partial charge in [0.1, 0.15) is 0 Å². The Morgan fingerprint density at radius 3 is 2.71 bits per heavy atom. The van der Waals surface area contributed by atoms with Crippen LogP contribution in [-0.2, 0) is 0 Å². The first-order chi connectivity index (χ1) is 6.86. The maximum Gasteiger partial charge on any atom is 0.0214 e. The van der Waals surface area contributed by atoms with Crippen molar-refractivity contribution in [3.63, 3.8) is 0 Å². The van der Waals surface area contributed by atoms with E-state index in [-0.39, 0.29) is 0 Å². The van der Waals surface area contributed by atoms with Crippen LogP contribution in [0.3, 0.4) is 0 Å². The van der Waals surface area contributed by atoms with Crippen molar-refractivity contribution in [3.8, 4) is 12.3 Å². The Kier molecular flexibility index (Phi) is 5.66. The lowest BCUT2D eigenvalue weighted by molar-refractivity contribution is 0.182. The largest absolute Gasteiger partial charge is 0.320 e. The molecule has 0 atom stereocenters. The topological polar surface area (TPSA) is 15.3 Å². The summed E-state index contributed by atoms with van der Waals surface area (Å²) in [7, 11) is 2.03. The highest BCUT2D eigenvalue weighted by molar-refractivity contribution is 4.85. The summed E-state index contributed by atoms with van der Waals surface area (Å²) in [5.41, 5.74) is 0. The SMILES string of the molecule is C#CCCN1CCC(CCNC)CC1. The lowest BCUT2D eigenvalue weighted by Crippen LogP contribution is -2.35. The second-order valence-corrected chi connectivity index (χ2v) is 4.13. The summed E-state index contributed by atoms with van der Waals surface area (Å²) in [5.74, 6) is 3.64. The molecular weight excluding hydrogens is 172 g/mol. The molecule has 0 aliphatic carbocycles. The molecule has 1 saturated heterocycles.